The molecule has 1 heterocycles. The second-order valence-corrected chi connectivity index (χ2v) is 5.82. The first-order chi connectivity index (χ1) is 11.5. The molecule has 0 bridgehead atoms. The SMILES string of the molecule is Cc1ccc(C#N)c(CN2C(=O)CCc3cc([N+](=O)[O-])ccc32)c1. The molecule has 0 fully saturated rings. The van der Waals surface area contributed by atoms with Gasteiger partial charge in [0.2, 0.25) is 5.91 Å². The first-order valence-electron chi connectivity index (χ1n) is 7.57. The molecule has 1 aliphatic rings. The van der Waals surface area contributed by atoms with Crippen LogP contribution in [0.2, 0.25) is 0 Å². The summed E-state index contributed by atoms with van der Waals surface area (Å²) in [5.41, 5.74) is 3.81. The summed E-state index contributed by atoms with van der Waals surface area (Å²) in [5.74, 6) is -0.0400. The number of rotatable bonds is 3. The van der Waals surface area contributed by atoms with E-state index >= 15 is 0 Å². The Bertz CT molecular complexity index is 884. The number of carbonyl (C=O) groups excluding carboxylic acids is 1. The average molecular weight is 321 g/mol. The molecule has 1 amide bonds. The van der Waals surface area contributed by atoms with E-state index < -0.39 is 4.92 Å². The van der Waals surface area contributed by atoms with Gasteiger partial charge in [-0.1, -0.05) is 17.7 Å². The van der Waals surface area contributed by atoms with Crippen molar-refractivity contribution >= 4 is 17.3 Å². The topological polar surface area (TPSA) is 87.2 Å². The molecule has 1 aliphatic heterocycles. The third kappa shape index (κ3) is 2.84. The van der Waals surface area contributed by atoms with E-state index in [2.05, 4.69) is 6.07 Å². The van der Waals surface area contributed by atoms with Gasteiger partial charge in [-0.05, 0) is 36.6 Å². The standard InChI is InChI=1S/C18H15N3O3/c1-12-2-3-14(10-19)15(8-12)11-20-17-6-5-16(21(23)24)9-13(17)4-7-18(20)22/h2-3,5-6,8-9H,4,7,11H2,1H3. The fraction of sp³-hybridized carbons (Fsp3) is 0.222. The lowest BCUT2D eigenvalue weighted by atomic mass is 9.98. The molecule has 0 unspecified atom stereocenters. The highest BCUT2D eigenvalue weighted by atomic mass is 16.6. The Morgan fingerprint density at radius 1 is 1.25 bits per heavy atom. The number of carbonyl (C=O) groups is 1. The van der Waals surface area contributed by atoms with Gasteiger partial charge in [0, 0.05) is 24.2 Å². The van der Waals surface area contributed by atoms with Crippen molar-refractivity contribution in [3.8, 4) is 6.07 Å². The monoisotopic (exact) mass is 321 g/mol. The van der Waals surface area contributed by atoms with Gasteiger partial charge in [-0.15, -0.1) is 0 Å². The van der Waals surface area contributed by atoms with Crippen LogP contribution >= 0.6 is 0 Å². The van der Waals surface area contributed by atoms with Crippen molar-refractivity contribution in [3.05, 3.63) is 68.8 Å². The number of anilines is 1. The van der Waals surface area contributed by atoms with Crippen LogP contribution in [0.4, 0.5) is 11.4 Å². The van der Waals surface area contributed by atoms with Gasteiger partial charge < -0.3 is 4.90 Å². The van der Waals surface area contributed by atoms with Crippen LogP contribution in [0, 0.1) is 28.4 Å². The smallest absolute Gasteiger partial charge is 0.269 e. The molecule has 6 heteroatoms. The normalized spacial score (nSPS) is 13.3. The number of hydrogen-bond acceptors (Lipinski definition) is 4. The van der Waals surface area contributed by atoms with Crippen molar-refractivity contribution in [1.82, 2.24) is 0 Å². The second-order valence-electron chi connectivity index (χ2n) is 5.82. The predicted octanol–water partition coefficient (Wildman–Crippen LogP) is 3.25. The maximum Gasteiger partial charge on any atom is 0.269 e. The first-order valence-corrected chi connectivity index (χ1v) is 7.57. The van der Waals surface area contributed by atoms with Crippen LogP contribution in [-0.4, -0.2) is 10.8 Å². The van der Waals surface area contributed by atoms with Gasteiger partial charge >= 0.3 is 0 Å². The van der Waals surface area contributed by atoms with Crippen molar-refractivity contribution in [3.63, 3.8) is 0 Å². The third-order valence-electron chi connectivity index (χ3n) is 4.18. The largest absolute Gasteiger partial charge is 0.308 e. The van der Waals surface area contributed by atoms with Crippen LogP contribution in [0.3, 0.4) is 0 Å². The predicted molar refractivity (Wildman–Crippen MR) is 88.5 cm³/mol. The molecule has 2 aromatic rings. The van der Waals surface area contributed by atoms with E-state index in [1.165, 1.54) is 12.1 Å². The van der Waals surface area contributed by atoms with E-state index in [1.54, 1.807) is 17.0 Å². The number of nitro benzene ring substituents is 1. The first kappa shape index (κ1) is 15.7. The van der Waals surface area contributed by atoms with Gasteiger partial charge in [0.25, 0.3) is 5.69 Å². The Morgan fingerprint density at radius 3 is 2.75 bits per heavy atom. The second kappa shape index (κ2) is 6.13. The number of hydrogen-bond donors (Lipinski definition) is 0. The lowest BCUT2D eigenvalue weighted by molar-refractivity contribution is -0.384. The van der Waals surface area contributed by atoms with E-state index in [-0.39, 0.29) is 18.1 Å². The third-order valence-corrected chi connectivity index (χ3v) is 4.18. The van der Waals surface area contributed by atoms with E-state index in [9.17, 15) is 20.2 Å². The van der Waals surface area contributed by atoms with Crippen molar-refractivity contribution in [2.75, 3.05) is 4.90 Å². The van der Waals surface area contributed by atoms with Crippen LogP contribution in [0.25, 0.3) is 0 Å². The van der Waals surface area contributed by atoms with E-state index in [1.807, 2.05) is 19.1 Å². The minimum absolute atomic E-state index is 0.0244. The van der Waals surface area contributed by atoms with Gasteiger partial charge in [-0.2, -0.15) is 5.26 Å². The van der Waals surface area contributed by atoms with Crippen LogP contribution in [-0.2, 0) is 17.8 Å². The fourth-order valence-corrected chi connectivity index (χ4v) is 2.97. The molecule has 0 saturated heterocycles. The lowest BCUT2D eigenvalue weighted by Crippen LogP contribution is -2.34. The van der Waals surface area contributed by atoms with Crippen molar-refractivity contribution < 1.29 is 9.72 Å². The Hall–Kier alpha value is -3.20. The molecule has 120 valence electrons. The molecule has 0 N–H and O–H groups in total. The average Bonchev–Trinajstić information content (AvgIpc) is 2.57. The van der Waals surface area contributed by atoms with Crippen LogP contribution in [0.15, 0.2) is 36.4 Å². The Morgan fingerprint density at radius 2 is 2.04 bits per heavy atom. The molecule has 0 spiro atoms. The number of aryl methyl sites for hydroxylation is 2. The quantitative estimate of drug-likeness (QED) is 0.641. The highest BCUT2D eigenvalue weighted by molar-refractivity contribution is 5.96. The minimum Gasteiger partial charge on any atom is -0.308 e. The molecule has 2 aromatic carbocycles. The summed E-state index contributed by atoms with van der Waals surface area (Å²) < 4.78 is 0. The van der Waals surface area contributed by atoms with Crippen LogP contribution in [0.1, 0.15) is 28.7 Å². The zero-order chi connectivity index (χ0) is 17.3. The molecular formula is C18H15N3O3. The number of non-ortho nitro benzene ring substituents is 1. The molecule has 24 heavy (non-hydrogen) atoms. The zero-order valence-corrected chi connectivity index (χ0v) is 13.2. The van der Waals surface area contributed by atoms with E-state index in [0.717, 1.165) is 16.7 Å². The molecule has 6 nitrogen and oxygen atoms in total. The summed E-state index contributed by atoms with van der Waals surface area (Å²) in [7, 11) is 0. The number of amides is 1. The highest BCUT2D eigenvalue weighted by Gasteiger charge is 2.26. The molecule has 0 saturated carbocycles. The molecule has 0 aliphatic carbocycles. The molecular weight excluding hydrogens is 306 g/mol. The zero-order valence-electron chi connectivity index (χ0n) is 13.2. The molecule has 0 atom stereocenters. The van der Waals surface area contributed by atoms with Gasteiger partial charge in [0.05, 0.1) is 23.1 Å². The summed E-state index contributed by atoms with van der Waals surface area (Å²) in [5, 5.41) is 20.2. The van der Waals surface area contributed by atoms with Crippen LogP contribution in [0.5, 0.6) is 0 Å². The van der Waals surface area contributed by atoms with Gasteiger partial charge in [0.15, 0.2) is 0 Å². The van der Waals surface area contributed by atoms with E-state index in [0.29, 0.717) is 24.1 Å². The summed E-state index contributed by atoms with van der Waals surface area (Å²) in [6, 6.07) is 12.2. The molecule has 0 radical (unpaired) electrons. The summed E-state index contributed by atoms with van der Waals surface area (Å²) in [6.45, 7) is 2.22. The van der Waals surface area contributed by atoms with Crippen molar-refractivity contribution in [2.45, 2.75) is 26.3 Å². The fourth-order valence-electron chi connectivity index (χ4n) is 2.97. The summed E-state index contributed by atoms with van der Waals surface area (Å²) in [4.78, 5) is 24.5. The van der Waals surface area contributed by atoms with Crippen molar-refractivity contribution in [2.24, 2.45) is 0 Å². The summed E-state index contributed by atoms with van der Waals surface area (Å²) >= 11 is 0. The Balaban J connectivity index is 2.01. The molecule has 0 aromatic heterocycles. The van der Waals surface area contributed by atoms with Gasteiger partial charge in [-0.25, -0.2) is 0 Å². The Kier molecular flexibility index (Phi) is 4.00. The molecule has 3 rings (SSSR count). The number of benzene rings is 2. The van der Waals surface area contributed by atoms with E-state index in [4.69, 9.17) is 0 Å². The summed E-state index contributed by atoms with van der Waals surface area (Å²) in [6.07, 6.45) is 0.799. The number of fused-ring (bicyclic) bond motifs is 1. The Labute approximate surface area is 139 Å². The lowest BCUT2D eigenvalue weighted by Gasteiger charge is -2.29. The number of nitriles is 1. The minimum atomic E-state index is -0.435. The number of nitrogens with zero attached hydrogens (tertiary/aromatic N) is 3. The van der Waals surface area contributed by atoms with Crippen molar-refractivity contribution in [1.29, 1.82) is 5.26 Å². The van der Waals surface area contributed by atoms with Gasteiger partial charge in [-0.3, -0.25) is 14.9 Å². The maximum atomic E-state index is 12.4. The maximum absolute atomic E-state index is 12.4. The number of nitro groups is 1. The highest BCUT2D eigenvalue weighted by Crippen LogP contribution is 2.32. The van der Waals surface area contributed by atoms with Gasteiger partial charge in [0.1, 0.15) is 0 Å². The van der Waals surface area contributed by atoms with Crippen LogP contribution < -0.4 is 4.90 Å².